The van der Waals surface area contributed by atoms with Gasteiger partial charge in [-0.3, -0.25) is 0 Å². The minimum Gasteiger partial charge on any atom is -0.382 e. The number of halogens is 8. The molecule has 0 amide bonds. The lowest BCUT2D eigenvalue weighted by molar-refractivity contribution is -0.409. The third-order valence-electron chi connectivity index (χ3n) is 1.46. The molecule has 0 aliphatic rings. The Morgan fingerprint density at radius 2 is 0.875 bits per heavy atom. The molecule has 2 atom stereocenters. The summed E-state index contributed by atoms with van der Waals surface area (Å²) in [4.78, 5) is 0. The summed E-state index contributed by atoms with van der Waals surface area (Å²) in [7, 11) is 0. The molecule has 16 heavy (non-hydrogen) atoms. The molecule has 2 unspecified atom stereocenters. The molecule has 0 spiro atoms. The zero-order valence-corrected chi connectivity index (χ0v) is 6.97. The van der Waals surface area contributed by atoms with Crippen LogP contribution in [-0.2, 0) is 0 Å². The van der Waals surface area contributed by atoms with E-state index >= 15 is 0 Å². The highest BCUT2D eigenvalue weighted by Crippen LogP contribution is 2.34. The standard InChI is InChI=1S/C4H4F8N2O2/c5-3(6,13(9)10)1(15)2(16)4(7,8)14(11)12/h1-2,15-16H. The first kappa shape index (κ1) is 15.3. The molecule has 0 radical (unpaired) electrons. The molecule has 12 heteroatoms. The topological polar surface area (TPSA) is 46.9 Å². The van der Waals surface area contributed by atoms with Crippen molar-refractivity contribution in [2.24, 2.45) is 0 Å². The van der Waals surface area contributed by atoms with Crippen LogP contribution in [0.25, 0.3) is 0 Å². The van der Waals surface area contributed by atoms with Gasteiger partial charge < -0.3 is 10.2 Å². The number of rotatable bonds is 5. The zero-order valence-electron chi connectivity index (χ0n) is 6.97. The minimum atomic E-state index is -5.61. The van der Waals surface area contributed by atoms with Crippen LogP contribution < -0.4 is 0 Å². The second-order valence-electron chi connectivity index (χ2n) is 2.53. The number of nitrogens with zero attached hydrogens (tertiary/aromatic N) is 2. The summed E-state index contributed by atoms with van der Waals surface area (Å²) in [5.74, 6) is 0. The predicted molar refractivity (Wildman–Crippen MR) is 30.0 cm³/mol. The quantitative estimate of drug-likeness (QED) is 0.442. The number of aliphatic hydroxyl groups is 2. The van der Waals surface area contributed by atoms with Gasteiger partial charge in [-0.05, 0) is 0 Å². The van der Waals surface area contributed by atoms with Gasteiger partial charge in [-0.1, -0.05) is 17.9 Å². The molecule has 0 saturated carbocycles. The van der Waals surface area contributed by atoms with Gasteiger partial charge in [0, 0.05) is 0 Å². The molecule has 0 rings (SSSR count). The van der Waals surface area contributed by atoms with Gasteiger partial charge in [0.05, 0.1) is 10.7 Å². The van der Waals surface area contributed by atoms with Crippen molar-refractivity contribution in [1.82, 2.24) is 10.7 Å². The third-order valence-corrected chi connectivity index (χ3v) is 1.46. The highest BCUT2D eigenvalue weighted by Gasteiger charge is 2.60. The van der Waals surface area contributed by atoms with Gasteiger partial charge in [0.2, 0.25) is 0 Å². The van der Waals surface area contributed by atoms with E-state index in [9.17, 15) is 35.5 Å². The van der Waals surface area contributed by atoms with Crippen LogP contribution in [0.15, 0.2) is 0 Å². The average molecular weight is 264 g/mol. The van der Waals surface area contributed by atoms with E-state index in [1.54, 1.807) is 0 Å². The Kier molecular flexibility index (Phi) is 4.44. The second kappa shape index (κ2) is 4.65. The van der Waals surface area contributed by atoms with Crippen molar-refractivity contribution < 1.29 is 45.7 Å². The summed E-state index contributed by atoms with van der Waals surface area (Å²) in [6.07, 6.45) is -8.24. The fourth-order valence-electron chi connectivity index (χ4n) is 0.580. The molecular weight excluding hydrogens is 260 g/mol. The summed E-state index contributed by atoms with van der Waals surface area (Å²) in [5, 5.41) is 10.5. The van der Waals surface area contributed by atoms with Crippen LogP contribution in [0, 0.1) is 0 Å². The van der Waals surface area contributed by atoms with Gasteiger partial charge >= 0.3 is 12.1 Å². The lowest BCUT2D eigenvalue weighted by Gasteiger charge is -2.29. The van der Waals surface area contributed by atoms with Crippen molar-refractivity contribution >= 4 is 0 Å². The lowest BCUT2D eigenvalue weighted by Crippen LogP contribution is -2.57. The Bertz CT molecular complexity index is 212. The number of hydrogen-bond acceptors (Lipinski definition) is 4. The van der Waals surface area contributed by atoms with E-state index in [4.69, 9.17) is 10.2 Å². The molecule has 0 aliphatic carbocycles. The second-order valence-corrected chi connectivity index (χ2v) is 2.53. The Labute approximate surface area is 82.0 Å². The largest absolute Gasteiger partial charge is 0.385 e. The maximum Gasteiger partial charge on any atom is 0.385 e. The van der Waals surface area contributed by atoms with E-state index in [0.29, 0.717) is 0 Å². The fraction of sp³-hybridized carbons (Fsp3) is 1.00. The van der Waals surface area contributed by atoms with Gasteiger partial charge in [0.1, 0.15) is 0 Å². The monoisotopic (exact) mass is 264 g/mol. The minimum absolute atomic E-state index is 2.99. The first-order valence-electron chi connectivity index (χ1n) is 3.31. The van der Waals surface area contributed by atoms with E-state index in [2.05, 4.69) is 0 Å². The molecule has 4 nitrogen and oxygen atoms in total. The van der Waals surface area contributed by atoms with Crippen LogP contribution in [-0.4, -0.2) is 45.2 Å². The van der Waals surface area contributed by atoms with Crippen molar-refractivity contribution in [3.63, 3.8) is 0 Å². The van der Waals surface area contributed by atoms with Crippen LogP contribution in [0.1, 0.15) is 0 Å². The van der Waals surface area contributed by atoms with Crippen molar-refractivity contribution in [1.29, 1.82) is 0 Å². The van der Waals surface area contributed by atoms with Gasteiger partial charge in [-0.15, -0.1) is 0 Å². The van der Waals surface area contributed by atoms with E-state index in [-0.39, 0.29) is 0 Å². The van der Waals surface area contributed by atoms with Crippen LogP contribution in [0.3, 0.4) is 0 Å². The highest BCUT2D eigenvalue weighted by atomic mass is 19.4. The SMILES string of the molecule is OC(C(O)C(F)(F)N(F)F)C(F)(F)N(F)F. The molecule has 0 aromatic carbocycles. The van der Waals surface area contributed by atoms with E-state index < -0.39 is 35.0 Å². The summed E-state index contributed by atoms with van der Waals surface area (Å²) in [5.41, 5.74) is 0. The molecule has 0 aromatic rings. The normalized spacial score (nSPS) is 18.0. The first-order chi connectivity index (χ1) is 6.95. The zero-order chi connectivity index (χ0) is 13.3. The molecule has 0 fully saturated rings. The number of aliphatic hydroxyl groups excluding tert-OH is 2. The summed E-state index contributed by atoms with van der Waals surface area (Å²) in [6, 6.07) is -11.2. The van der Waals surface area contributed by atoms with Crippen molar-refractivity contribution in [2.45, 2.75) is 24.3 Å². The maximum atomic E-state index is 12.2. The number of hydrogen-bond donors (Lipinski definition) is 2. The summed E-state index contributed by atoms with van der Waals surface area (Å²) >= 11 is 0. The Morgan fingerprint density at radius 1 is 0.688 bits per heavy atom. The lowest BCUT2D eigenvalue weighted by atomic mass is 10.1. The fourth-order valence-corrected chi connectivity index (χ4v) is 0.580. The summed E-state index contributed by atoms with van der Waals surface area (Å²) < 4.78 is 94.1. The molecule has 2 N–H and O–H groups in total. The maximum absolute atomic E-state index is 12.2. The van der Waals surface area contributed by atoms with E-state index in [1.807, 2.05) is 0 Å². The molecule has 98 valence electrons. The van der Waals surface area contributed by atoms with Gasteiger partial charge in [-0.2, -0.15) is 17.6 Å². The van der Waals surface area contributed by atoms with Gasteiger partial charge in [0.25, 0.3) is 0 Å². The van der Waals surface area contributed by atoms with Crippen LogP contribution in [0.4, 0.5) is 35.5 Å². The number of alkyl halides is 4. The van der Waals surface area contributed by atoms with Crippen molar-refractivity contribution in [3.05, 3.63) is 0 Å². The summed E-state index contributed by atoms with van der Waals surface area (Å²) in [6.45, 7) is 0. The molecular formula is C4H4F8N2O2. The third kappa shape index (κ3) is 2.69. The van der Waals surface area contributed by atoms with E-state index in [0.717, 1.165) is 0 Å². The predicted octanol–water partition coefficient (Wildman–Crippen LogP) is 1.04. The van der Waals surface area contributed by atoms with Crippen LogP contribution >= 0.6 is 0 Å². The first-order valence-corrected chi connectivity index (χ1v) is 3.31. The van der Waals surface area contributed by atoms with Gasteiger partial charge in [0.15, 0.2) is 12.2 Å². The van der Waals surface area contributed by atoms with Crippen molar-refractivity contribution in [2.75, 3.05) is 0 Å². The van der Waals surface area contributed by atoms with Gasteiger partial charge in [-0.25, -0.2) is 0 Å². The smallest absolute Gasteiger partial charge is 0.382 e. The average Bonchev–Trinajstić information content (AvgIpc) is 2.14. The molecule has 0 aliphatic heterocycles. The molecule has 0 bridgehead atoms. The Hall–Kier alpha value is -0.720. The van der Waals surface area contributed by atoms with E-state index in [1.165, 1.54) is 0 Å². The van der Waals surface area contributed by atoms with Crippen molar-refractivity contribution in [3.8, 4) is 0 Å². The Morgan fingerprint density at radius 3 is 1.00 bits per heavy atom. The molecule has 0 heterocycles. The molecule has 0 saturated heterocycles. The molecule has 0 aromatic heterocycles. The Balaban J connectivity index is 4.94. The van der Waals surface area contributed by atoms with Crippen LogP contribution in [0.5, 0.6) is 0 Å². The highest BCUT2D eigenvalue weighted by molar-refractivity contribution is 4.84. The van der Waals surface area contributed by atoms with Crippen LogP contribution in [0.2, 0.25) is 0 Å².